The van der Waals surface area contributed by atoms with E-state index in [1.54, 1.807) is 30.7 Å². The summed E-state index contributed by atoms with van der Waals surface area (Å²) < 4.78 is 13.5. The third kappa shape index (κ3) is 3.88. The van der Waals surface area contributed by atoms with Crippen molar-refractivity contribution in [2.45, 2.75) is 13.3 Å². The van der Waals surface area contributed by atoms with Gasteiger partial charge in [0.15, 0.2) is 0 Å². The molecule has 0 aliphatic carbocycles. The molecule has 4 heterocycles. The van der Waals surface area contributed by atoms with Gasteiger partial charge in [-0.15, -0.1) is 0 Å². The lowest BCUT2D eigenvalue weighted by molar-refractivity contribution is -0.115. The number of amides is 1. The number of aromatic amines is 2. The Labute approximate surface area is 205 Å². The molecule has 0 saturated carbocycles. The molecule has 8 heteroatoms. The van der Waals surface area contributed by atoms with Crippen molar-refractivity contribution in [2.24, 2.45) is 0 Å². The lowest BCUT2D eigenvalue weighted by atomic mass is 10.0. The predicted molar refractivity (Wildman–Crippen MR) is 139 cm³/mol. The van der Waals surface area contributed by atoms with E-state index in [0.717, 1.165) is 55.6 Å². The van der Waals surface area contributed by atoms with Crippen molar-refractivity contribution in [1.29, 1.82) is 0 Å². The fraction of sp³-hybridized carbons (Fsp3) is 0.0714. The first-order chi connectivity index (χ1) is 17.6. The van der Waals surface area contributed by atoms with Crippen molar-refractivity contribution in [2.75, 3.05) is 5.32 Å². The minimum atomic E-state index is -0.272. The summed E-state index contributed by atoms with van der Waals surface area (Å²) in [4.78, 5) is 24.0. The third-order valence-corrected chi connectivity index (χ3v) is 6.18. The van der Waals surface area contributed by atoms with E-state index >= 15 is 0 Å². The van der Waals surface area contributed by atoms with Crippen LogP contribution < -0.4 is 5.32 Å². The van der Waals surface area contributed by atoms with Gasteiger partial charge in [0.2, 0.25) is 5.91 Å². The maximum atomic E-state index is 13.5. The second-order valence-electron chi connectivity index (χ2n) is 8.51. The monoisotopic (exact) mass is 476 g/mol. The normalized spacial score (nSPS) is 11.3. The van der Waals surface area contributed by atoms with E-state index in [2.05, 4.69) is 36.5 Å². The summed E-state index contributed by atoms with van der Waals surface area (Å²) in [5, 5.41) is 12.4. The molecule has 4 aromatic heterocycles. The summed E-state index contributed by atoms with van der Waals surface area (Å²) >= 11 is 0. The van der Waals surface area contributed by atoms with Gasteiger partial charge in [-0.2, -0.15) is 5.10 Å². The third-order valence-electron chi connectivity index (χ3n) is 6.18. The number of carbonyl (C=O) groups is 1. The summed E-state index contributed by atoms with van der Waals surface area (Å²) in [6, 6.07) is 18.3. The number of aromatic nitrogens is 5. The van der Waals surface area contributed by atoms with Crippen molar-refractivity contribution >= 4 is 33.5 Å². The molecule has 0 spiro atoms. The van der Waals surface area contributed by atoms with Gasteiger partial charge in [-0.1, -0.05) is 25.1 Å². The molecule has 0 aliphatic rings. The van der Waals surface area contributed by atoms with Crippen LogP contribution in [0, 0.1) is 5.82 Å². The predicted octanol–water partition coefficient (Wildman–Crippen LogP) is 6.32. The number of nitrogens with zero attached hydrogens (tertiary/aromatic N) is 3. The lowest BCUT2D eigenvalue weighted by Gasteiger charge is -2.06. The van der Waals surface area contributed by atoms with E-state index < -0.39 is 0 Å². The smallest absolute Gasteiger partial charge is 0.224 e. The van der Waals surface area contributed by atoms with Gasteiger partial charge in [-0.05, 0) is 59.2 Å². The summed E-state index contributed by atoms with van der Waals surface area (Å²) in [7, 11) is 0. The molecule has 1 amide bonds. The van der Waals surface area contributed by atoms with Gasteiger partial charge in [0, 0.05) is 35.2 Å². The van der Waals surface area contributed by atoms with Crippen LogP contribution in [0.4, 0.5) is 10.1 Å². The number of carbonyl (C=O) groups excluding carboxylic acids is 1. The summed E-state index contributed by atoms with van der Waals surface area (Å²) in [5.41, 5.74) is 7.55. The zero-order valence-corrected chi connectivity index (χ0v) is 19.3. The quantitative estimate of drug-likeness (QED) is 0.271. The number of fused-ring (bicyclic) bond motifs is 2. The maximum Gasteiger partial charge on any atom is 0.224 e. The Kier molecular flexibility index (Phi) is 5.26. The molecule has 7 nitrogen and oxygen atoms in total. The Hall–Kier alpha value is -4.85. The van der Waals surface area contributed by atoms with E-state index in [9.17, 15) is 9.18 Å². The van der Waals surface area contributed by atoms with Crippen molar-refractivity contribution in [3.63, 3.8) is 0 Å². The molecule has 0 radical (unpaired) electrons. The number of halogens is 1. The Morgan fingerprint density at radius 2 is 1.78 bits per heavy atom. The zero-order valence-electron chi connectivity index (χ0n) is 19.3. The van der Waals surface area contributed by atoms with Crippen LogP contribution in [0.15, 0.2) is 79.3 Å². The van der Waals surface area contributed by atoms with E-state index in [-0.39, 0.29) is 11.7 Å². The highest BCUT2D eigenvalue weighted by atomic mass is 19.1. The number of rotatable bonds is 5. The Bertz CT molecular complexity index is 1740. The first kappa shape index (κ1) is 21.7. The second kappa shape index (κ2) is 8.74. The van der Waals surface area contributed by atoms with Crippen LogP contribution in [0.25, 0.3) is 55.6 Å². The number of hydrogen-bond donors (Lipinski definition) is 3. The van der Waals surface area contributed by atoms with Crippen molar-refractivity contribution < 1.29 is 9.18 Å². The summed E-state index contributed by atoms with van der Waals surface area (Å²) in [5.74, 6) is -0.333. The van der Waals surface area contributed by atoms with Crippen LogP contribution in [-0.4, -0.2) is 31.1 Å². The van der Waals surface area contributed by atoms with Crippen LogP contribution in [0.2, 0.25) is 0 Å². The molecular formula is C28H21FN6O. The molecule has 0 saturated heterocycles. The molecule has 176 valence electrons. The molecule has 3 N–H and O–H groups in total. The van der Waals surface area contributed by atoms with Gasteiger partial charge in [-0.3, -0.25) is 14.9 Å². The van der Waals surface area contributed by atoms with Crippen LogP contribution in [0.1, 0.15) is 13.3 Å². The largest absolute Gasteiger partial charge is 0.338 e. The zero-order chi connectivity index (χ0) is 24.6. The number of hydrogen-bond acceptors (Lipinski definition) is 4. The van der Waals surface area contributed by atoms with Gasteiger partial charge in [0.1, 0.15) is 17.2 Å². The highest BCUT2D eigenvalue weighted by Gasteiger charge is 2.15. The van der Waals surface area contributed by atoms with Crippen LogP contribution >= 0.6 is 0 Å². The van der Waals surface area contributed by atoms with E-state index in [1.165, 1.54) is 12.1 Å². The van der Waals surface area contributed by atoms with E-state index in [1.807, 2.05) is 37.3 Å². The molecule has 6 aromatic rings. The van der Waals surface area contributed by atoms with Gasteiger partial charge in [-0.25, -0.2) is 9.37 Å². The SMILES string of the molecule is CCC(=O)Nc1cncc(-c2ccc3[nH]nc(-c4cc5c(-c6ccc(F)cc6)ccnc5[nH]4)c3c2)c1. The van der Waals surface area contributed by atoms with Crippen molar-refractivity contribution in [3.05, 3.63) is 85.1 Å². The number of benzene rings is 2. The molecule has 36 heavy (non-hydrogen) atoms. The highest BCUT2D eigenvalue weighted by Crippen LogP contribution is 2.34. The average Bonchev–Trinajstić information content (AvgIpc) is 3.53. The number of pyridine rings is 2. The fourth-order valence-electron chi connectivity index (χ4n) is 4.35. The Morgan fingerprint density at radius 3 is 2.61 bits per heavy atom. The van der Waals surface area contributed by atoms with Crippen LogP contribution in [0.3, 0.4) is 0 Å². The van der Waals surface area contributed by atoms with Crippen molar-refractivity contribution in [3.8, 4) is 33.6 Å². The molecule has 6 rings (SSSR count). The summed E-state index contributed by atoms with van der Waals surface area (Å²) in [6.07, 6.45) is 5.54. The van der Waals surface area contributed by atoms with E-state index in [4.69, 9.17) is 0 Å². The molecule has 0 atom stereocenters. The molecule has 2 aromatic carbocycles. The first-order valence-corrected chi connectivity index (χ1v) is 11.6. The van der Waals surface area contributed by atoms with Crippen LogP contribution in [0.5, 0.6) is 0 Å². The second-order valence-corrected chi connectivity index (χ2v) is 8.51. The molecule has 0 bridgehead atoms. The van der Waals surface area contributed by atoms with Gasteiger partial charge in [0.05, 0.1) is 23.1 Å². The summed E-state index contributed by atoms with van der Waals surface area (Å²) in [6.45, 7) is 1.81. The molecule has 0 fully saturated rings. The minimum Gasteiger partial charge on any atom is -0.338 e. The van der Waals surface area contributed by atoms with Gasteiger partial charge in [0.25, 0.3) is 0 Å². The van der Waals surface area contributed by atoms with Gasteiger partial charge < -0.3 is 10.3 Å². The lowest BCUT2D eigenvalue weighted by Crippen LogP contribution is -2.09. The van der Waals surface area contributed by atoms with Crippen LogP contribution in [-0.2, 0) is 4.79 Å². The Morgan fingerprint density at radius 1 is 0.944 bits per heavy atom. The maximum absolute atomic E-state index is 13.5. The average molecular weight is 477 g/mol. The fourth-order valence-corrected chi connectivity index (χ4v) is 4.35. The standard InChI is InChI=1S/C28H21FN6O/c1-2-26(36)32-20-11-18(14-30-15-20)17-5-8-24-23(12-17)27(35-34-24)25-13-22-21(9-10-31-28(22)33-25)16-3-6-19(29)7-4-16/h3-15H,2H2,1H3,(H,31,33)(H,32,36)(H,34,35). The van der Waals surface area contributed by atoms with Crippen molar-refractivity contribution in [1.82, 2.24) is 25.1 Å². The molecule has 0 aliphatic heterocycles. The highest BCUT2D eigenvalue weighted by molar-refractivity contribution is 6.00. The minimum absolute atomic E-state index is 0.0612. The number of nitrogens with one attached hydrogen (secondary N) is 3. The number of H-pyrrole nitrogens is 2. The molecular weight excluding hydrogens is 455 g/mol. The topological polar surface area (TPSA) is 99.3 Å². The first-order valence-electron chi connectivity index (χ1n) is 11.6. The molecule has 0 unspecified atom stereocenters. The van der Waals surface area contributed by atoms with Gasteiger partial charge >= 0.3 is 0 Å². The number of anilines is 1. The Balaban J connectivity index is 1.42. The van der Waals surface area contributed by atoms with E-state index in [0.29, 0.717) is 12.1 Å².